The van der Waals surface area contributed by atoms with E-state index in [9.17, 15) is 47.9 Å². The van der Waals surface area contributed by atoms with Crippen molar-refractivity contribution in [1.29, 1.82) is 0 Å². The smallest absolute Gasteiger partial charge is 0.319 e. The minimum Gasteiger partial charge on any atom is -0.481 e. The lowest BCUT2D eigenvalue weighted by Crippen LogP contribution is -2.26. The van der Waals surface area contributed by atoms with E-state index in [2.05, 4.69) is 0 Å². The first-order valence-electron chi connectivity index (χ1n) is 29.0. The molecule has 0 spiro atoms. The fraction of sp³-hybridized carbons (Fsp3) is 0.821. The molecule has 0 saturated carbocycles. The molecule has 0 bridgehead atoms. The van der Waals surface area contributed by atoms with Crippen LogP contribution in [0.15, 0.2) is 0 Å². The zero-order chi connectivity index (χ0) is 59.0. The fourth-order valence-electron chi connectivity index (χ4n) is 8.08. The van der Waals surface area contributed by atoms with E-state index in [-0.39, 0.29) is 90.0 Å². The van der Waals surface area contributed by atoms with Crippen LogP contribution in [0.4, 0.5) is 0 Å². The maximum Gasteiger partial charge on any atom is 0.319 e. The second kappa shape index (κ2) is 49.8. The molecule has 0 aromatic rings. The van der Waals surface area contributed by atoms with E-state index in [0.717, 1.165) is 126 Å². The number of carbonyl (C=O) groups excluding carboxylic acids is 8. The average Bonchev–Trinajstić information content (AvgIpc) is 3.43. The SMILES string of the molecule is O=C(O)CSC1CC(=O)OCCCCCCCCOC(=O)CC(SCCSCCSC2CC(=O)OCCCCCCCCOC(=O)CC(SCC(=O)O)C(=O)OCCCCCCCCOC2=O)C(=O)OCCCCCCCCOC1=O. The van der Waals surface area contributed by atoms with Crippen molar-refractivity contribution < 1.29 is 96.1 Å². The number of aliphatic carboxylic acids is 2. The van der Waals surface area contributed by atoms with Gasteiger partial charge in [-0.3, -0.25) is 47.9 Å². The van der Waals surface area contributed by atoms with Crippen LogP contribution in [0.1, 0.15) is 180 Å². The Morgan fingerprint density at radius 3 is 0.716 bits per heavy atom. The molecule has 2 aliphatic rings. The Kier molecular flexibility index (Phi) is 45.3. The van der Waals surface area contributed by atoms with Crippen molar-refractivity contribution in [1.82, 2.24) is 0 Å². The number of carbonyl (C=O) groups is 10. The zero-order valence-electron chi connectivity index (χ0n) is 47.3. The maximum absolute atomic E-state index is 13.3. The average molecular weight is 1240 g/mol. The van der Waals surface area contributed by atoms with Crippen LogP contribution in [0.3, 0.4) is 0 Å². The third-order valence-electron chi connectivity index (χ3n) is 12.6. The molecule has 25 heteroatoms. The summed E-state index contributed by atoms with van der Waals surface area (Å²) in [5, 5.41) is 14.8. The Hall–Kier alpha value is -3.55. The van der Waals surface area contributed by atoms with E-state index < -0.39 is 80.7 Å². The molecule has 81 heavy (non-hydrogen) atoms. The summed E-state index contributed by atoms with van der Waals surface area (Å²) in [5.74, 6) is -4.78. The van der Waals surface area contributed by atoms with Crippen LogP contribution in [-0.2, 0) is 85.8 Å². The molecule has 0 amide bonds. The predicted molar refractivity (Wildman–Crippen MR) is 315 cm³/mol. The molecule has 4 unspecified atom stereocenters. The molecule has 2 aliphatic heterocycles. The van der Waals surface area contributed by atoms with Gasteiger partial charge in [-0.1, -0.05) is 103 Å². The van der Waals surface area contributed by atoms with Crippen molar-refractivity contribution in [3.8, 4) is 0 Å². The molecule has 0 aromatic heterocycles. The highest BCUT2D eigenvalue weighted by Crippen LogP contribution is 2.24. The van der Waals surface area contributed by atoms with E-state index >= 15 is 0 Å². The number of cyclic esters (lactones) is 8. The Balaban J connectivity index is 1.88. The van der Waals surface area contributed by atoms with Crippen LogP contribution >= 0.6 is 58.8 Å². The summed E-state index contributed by atoms with van der Waals surface area (Å²) in [7, 11) is 0. The second-order valence-corrected chi connectivity index (χ2v) is 25.8. The van der Waals surface area contributed by atoms with Crippen molar-refractivity contribution in [2.75, 3.05) is 87.4 Å². The van der Waals surface area contributed by atoms with Gasteiger partial charge >= 0.3 is 59.7 Å². The normalized spacial score (nSPS) is 23.5. The van der Waals surface area contributed by atoms with Crippen LogP contribution in [0.5, 0.6) is 0 Å². The number of hydrogen-bond acceptors (Lipinski definition) is 23. The van der Waals surface area contributed by atoms with Crippen molar-refractivity contribution >= 4 is 119 Å². The highest BCUT2D eigenvalue weighted by atomic mass is 32.2. The van der Waals surface area contributed by atoms with E-state index in [1.165, 1.54) is 23.5 Å². The Labute approximate surface area is 500 Å². The molecule has 0 aliphatic carbocycles. The van der Waals surface area contributed by atoms with Gasteiger partial charge < -0.3 is 48.1 Å². The fourth-order valence-corrected chi connectivity index (χ4v) is 13.1. The molecule has 20 nitrogen and oxygen atoms in total. The van der Waals surface area contributed by atoms with Gasteiger partial charge in [0, 0.05) is 23.0 Å². The number of carboxylic acids is 2. The minimum atomic E-state index is -1.10. The Morgan fingerprint density at radius 2 is 0.494 bits per heavy atom. The molecule has 2 heterocycles. The van der Waals surface area contributed by atoms with Gasteiger partial charge in [-0.05, 0) is 51.4 Å². The lowest BCUT2D eigenvalue weighted by atomic mass is 10.1. The summed E-state index contributed by atoms with van der Waals surface area (Å²) in [6.07, 6.45) is 17.6. The summed E-state index contributed by atoms with van der Waals surface area (Å²) in [5.41, 5.74) is 0. The zero-order valence-corrected chi connectivity index (χ0v) is 51.4. The van der Waals surface area contributed by atoms with E-state index in [4.69, 9.17) is 48.1 Å². The molecular weight excluding hydrogens is 1150 g/mol. The van der Waals surface area contributed by atoms with E-state index in [1.807, 2.05) is 0 Å². The summed E-state index contributed by atoms with van der Waals surface area (Å²) < 4.78 is 43.8. The van der Waals surface area contributed by atoms with E-state index in [0.29, 0.717) is 74.4 Å². The quantitative estimate of drug-likeness (QED) is 0.0929. The summed E-state index contributed by atoms with van der Waals surface area (Å²) in [6.45, 7) is 1.51. The van der Waals surface area contributed by atoms with Gasteiger partial charge in [0.1, 0.15) is 21.0 Å². The lowest BCUT2D eigenvalue weighted by molar-refractivity contribution is -0.150. The summed E-state index contributed by atoms with van der Waals surface area (Å²) >= 11 is 6.00. The van der Waals surface area contributed by atoms with Crippen molar-refractivity contribution in [2.24, 2.45) is 0 Å². The number of esters is 8. The molecule has 2 rings (SSSR count). The van der Waals surface area contributed by atoms with Gasteiger partial charge in [0.25, 0.3) is 0 Å². The highest BCUT2D eigenvalue weighted by molar-refractivity contribution is 8.05. The molecule has 0 radical (unpaired) electrons. The van der Waals surface area contributed by atoms with Crippen molar-refractivity contribution in [3.05, 3.63) is 0 Å². The van der Waals surface area contributed by atoms with Gasteiger partial charge in [-0.2, -0.15) is 11.8 Å². The van der Waals surface area contributed by atoms with Crippen molar-refractivity contribution in [3.63, 3.8) is 0 Å². The molecule has 2 N–H and O–H groups in total. The van der Waals surface area contributed by atoms with E-state index in [1.54, 1.807) is 11.8 Å². The van der Waals surface area contributed by atoms with Crippen molar-refractivity contribution in [2.45, 2.75) is 201 Å². The highest BCUT2D eigenvalue weighted by Gasteiger charge is 2.29. The predicted octanol–water partition coefficient (Wildman–Crippen LogP) is 9.59. The Morgan fingerprint density at radius 1 is 0.296 bits per heavy atom. The van der Waals surface area contributed by atoms with Crippen LogP contribution in [-0.4, -0.2) is 178 Å². The number of hydrogen-bond donors (Lipinski definition) is 2. The first-order chi connectivity index (χ1) is 39.2. The van der Waals surface area contributed by atoms with Gasteiger partial charge in [-0.25, -0.2) is 0 Å². The number of rotatable bonds is 14. The number of thioether (sulfide) groups is 5. The maximum atomic E-state index is 13.3. The summed E-state index contributed by atoms with van der Waals surface area (Å²) in [6, 6.07) is 0. The summed E-state index contributed by atoms with van der Waals surface area (Å²) in [4.78, 5) is 125. The Bertz CT molecular complexity index is 1700. The number of carboxylic acid groups (broad SMARTS) is 2. The van der Waals surface area contributed by atoms with Crippen LogP contribution < -0.4 is 0 Å². The standard InChI is InChI=1S/C56H90O20S5/c57-47(58)41-80-45-39-51(63)71-27-19-11-3-1-9-17-25-69-49(61)37-43(53(65)73-29-21-13-5-7-15-23-31-75-55(45)67)78-35-33-77-34-36-79-44-38-50(62)70-26-18-10-2-4-12-20-28-72-52(64)40-46(81-42-48(59)60)56(68)76-32-24-16-8-6-14-22-30-74-54(44)66/h43-46H,1-42H2,(H,57,58)(H,59,60). The third-order valence-corrected chi connectivity index (χ3v) is 18.8. The monoisotopic (exact) mass is 1240 g/mol. The number of ether oxygens (including phenoxy) is 8. The second-order valence-electron chi connectivity index (χ2n) is 19.6. The largest absolute Gasteiger partial charge is 0.481 e. The molecule has 2 saturated heterocycles. The van der Waals surface area contributed by atoms with Gasteiger partial charge in [-0.15, -0.1) is 47.0 Å². The lowest BCUT2D eigenvalue weighted by Gasteiger charge is -2.16. The minimum absolute atomic E-state index is 0.121. The van der Waals surface area contributed by atoms with Crippen LogP contribution in [0, 0.1) is 0 Å². The van der Waals surface area contributed by atoms with Gasteiger partial charge in [0.15, 0.2) is 0 Å². The van der Waals surface area contributed by atoms with Gasteiger partial charge in [0.2, 0.25) is 0 Å². The molecule has 0 aromatic carbocycles. The first kappa shape index (κ1) is 73.6. The topological polar surface area (TPSA) is 285 Å². The molecule has 2 fully saturated rings. The first-order valence-corrected chi connectivity index (χ1v) is 34.4. The molecular formula is C56H90O20S5. The van der Waals surface area contributed by atoms with Crippen LogP contribution in [0.2, 0.25) is 0 Å². The molecule has 4 atom stereocenters. The third kappa shape index (κ3) is 42.0. The van der Waals surface area contributed by atoms with Gasteiger partial charge in [0.05, 0.1) is 90.0 Å². The van der Waals surface area contributed by atoms with Crippen LogP contribution in [0.25, 0.3) is 0 Å². The molecule has 464 valence electrons.